The first-order valence-corrected chi connectivity index (χ1v) is 6.95. The summed E-state index contributed by atoms with van der Waals surface area (Å²) in [6.45, 7) is 1.15. The number of anilines is 1. The molecule has 0 amide bonds. The molecule has 1 aromatic heterocycles. The van der Waals surface area contributed by atoms with Gasteiger partial charge in [0.25, 0.3) is 5.56 Å². The molecule has 1 saturated heterocycles. The summed E-state index contributed by atoms with van der Waals surface area (Å²) in [5.74, 6) is 1.25. The maximum Gasteiger partial charge on any atom is 0.253 e. The number of nitrogen functional groups attached to an aromatic ring is 1. The average Bonchev–Trinajstić information content (AvgIpc) is 2.76. The molecule has 0 bridgehead atoms. The largest absolute Gasteiger partial charge is 0.383 e. The summed E-state index contributed by atoms with van der Waals surface area (Å²) in [6, 6.07) is 1.98. The summed E-state index contributed by atoms with van der Waals surface area (Å²) < 4.78 is 0. The van der Waals surface area contributed by atoms with Crippen molar-refractivity contribution in [3.63, 3.8) is 0 Å². The lowest BCUT2D eigenvalue weighted by atomic mass is 10.1. The lowest BCUT2D eigenvalue weighted by Crippen LogP contribution is -2.21. The SMILES string of the molecule is Nc1cc(=O)[nH]c(SCCCC2CCCN2)n1. The van der Waals surface area contributed by atoms with Gasteiger partial charge in [0.15, 0.2) is 5.16 Å². The summed E-state index contributed by atoms with van der Waals surface area (Å²) >= 11 is 1.56. The average molecular weight is 254 g/mol. The van der Waals surface area contributed by atoms with E-state index in [0.717, 1.165) is 18.7 Å². The minimum absolute atomic E-state index is 0.183. The van der Waals surface area contributed by atoms with Gasteiger partial charge in [-0.1, -0.05) is 11.8 Å². The highest BCUT2D eigenvalue weighted by atomic mass is 32.2. The van der Waals surface area contributed by atoms with Crippen molar-refractivity contribution in [2.24, 2.45) is 0 Å². The highest BCUT2D eigenvalue weighted by Crippen LogP contribution is 2.17. The Hall–Kier alpha value is -1.01. The fraction of sp³-hybridized carbons (Fsp3) is 0.636. The Bertz CT molecular complexity index is 414. The van der Waals surface area contributed by atoms with Gasteiger partial charge in [-0.3, -0.25) is 4.79 Å². The molecule has 1 aliphatic rings. The predicted molar refractivity (Wildman–Crippen MR) is 70.3 cm³/mol. The molecule has 1 atom stereocenters. The quantitative estimate of drug-likeness (QED) is 0.414. The number of aromatic nitrogens is 2. The zero-order valence-corrected chi connectivity index (χ0v) is 10.6. The number of nitrogens with two attached hydrogens (primary N) is 1. The van der Waals surface area contributed by atoms with Gasteiger partial charge in [0, 0.05) is 17.9 Å². The molecule has 5 nitrogen and oxygen atoms in total. The fourth-order valence-electron chi connectivity index (χ4n) is 2.02. The van der Waals surface area contributed by atoms with E-state index in [1.54, 1.807) is 11.8 Å². The van der Waals surface area contributed by atoms with E-state index in [2.05, 4.69) is 15.3 Å². The van der Waals surface area contributed by atoms with Gasteiger partial charge in [-0.15, -0.1) is 0 Å². The van der Waals surface area contributed by atoms with E-state index in [9.17, 15) is 4.79 Å². The number of nitrogens with zero attached hydrogens (tertiary/aromatic N) is 1. The third kappa shape index (κ3) is 4.05. The second kappa shape index (κ2) is 6.07. The van der Waals surface area contributed by atoms with Crippen LogP contribution in [0.2, 0.25) is 0 Å². The van der Waals surface area contributed by atoms with Gasteiger partial charge in [-0.05, 0) is 32.2 Å². The number of thioether (sulfide) groups is 1. The molecule has 17 heavy (non-hydrogen) atoms. The Morgan fingerprint density at radius 1 is 1.59 bits per heavy atom. The van der Waals surface area contributed by atoms with Crippen molar-refractivity contribution < 1.29 is 0 Å². The Labute approximate surface area is 105 Å². The van der Waals surface area contributed by atoms with Gasteiger partial charge in [-0.25, -0.2) is 4.98 Å². The van der Waals surface area contributed by atoms with Crippen LogP contribution in [0, 0.1) is 0 Å². The van der Waals surface area contributed by atoms with Crippen molar-refractivity contribution >= 4 is 17.6 Å². The van der Waals surface area contributed by atoms with Crippen LogP contribution in [0.5, 0.6) is 0 Å². The normalized spacial score (nSPS) is 19.6. The number of nitrogens with one attached hydrogen (secondary N) is 2. The topological polar surface area (TPSA) is 83.8 Å². The molecular weight excluding hydrogens is 236 g/mol. The van der Waals surface area contributed by atoms with E-state index < -0.39 is 0 Å². The minimum atomic E-state index is -0.183. The van der Waals surface area contributed by atoms with E-state index in [4.69, 9.17) is 5.73 Å². The molecule has 1 aliphatic heterocycles. The van der Waals surface area contributed by atoms with Crippen molar-refractivity contribution in [3.05, 3.63) is 16.4 Å². The summed E-state index contributed by atoms with van der Waals surface area (Å²) in [5, 5.41) is 4.09. The highest BCUT2D eigenvalue weighted by Gasteiger charge is 2.12. The standard InChI is InChI=1S/C11H18N4OS/c12-9-7-10(16)15-11(14-9)17-6-2-4-8-3-1-5-13-8/h7-8,13H,1-6H2,(H3,12,14,15,16). The van der Waals surface area contributed by atoms with Gasteiger partial charge in [0.05, 0.1) is 0 Å². The van der Waals surface area contributed by atoms with Crippen molar-refractivity contribution in [3.8, 4) is 0 Å². The van der Waals surface area contributed by atoms with E-state index in [1.807, 2.05) is 0 Å². The maximum absolute atomic E-state index is 11.2. The van der Waals surface area contributed by atoms with E-state index >= 15 is 0 Å². The van der Waals surface area contributed by atoms with Gasteiger partial charge in [0.1, 0.15) is 5.82 Å². The first-order chi connectivity index (χ1) is 8.24. The molecule has 0 spiro atoms. The molecule has 0 saturated carbocycles. The number of rotatable bonds is 5. The van der Waals surface area contributed by atoms with Crippen LogP contribution in [0.3, 0.4) is 0 Å². The zero-order chi connectivity index (χ0) is 12.1. The third-order valence-corrected chi connectivity index (χ3v) is 3.80. The Kier molecular flexibility index (Phi) is 4.44. The lowest BCUT2D eigenvalue weighted by molar-refractivity contribution is 0.553. The van der Waals surface area contributed by atoms with Gasteiger partial charge in [-0.2, -0.15) is 0 Å². The molecule has 0 radical (unpaired) electrons. The molecule has 1 aromatic rings. The summed E-state index contributed by atoms with van der Waals surface area (Å²) in [5.41, 5.74) is 5.33. The Balaban J connectivity index is 1.72. The van der Waals surface area contributed by atoms with Crippen LogP contribution in [0.25, 0.3) is 0 Å². The van der Waals surface area contributed by atoms with Crippen molar-refractivity contribution in [2.75, 3.05) is 18.0 Å². The molecule has 94 valence electrons. The molecule has 2 heterocycles. The first kappa shape index (κ1) is 12.4. The molecule has 1 unspecified atom stereocenters. The number of H-pyrrole nitrogens is 1. The number of hydrogen-bond donors (Lipinski definition) is 3. The minimum Gasteiger partial charge on any atom is -0.383 e. The van der Waals surface area contributed by atoms with Crippen LogP contribution in [0.15, 0.2) is 16.0 Å². The number of aromatic amines is 1. The predicted octanol–water partition coefficient (Wildman–Crippen LogP) is 0.976. The lowest BCUT2D eigenvalue weighted by Gasteiger charge is -2.08. The Morgan fingerprint density at radius 3 is 3.18 bits per heavy atom. The Morgan fingerprint density at radius 2 is 2.47 bits per heavy atom. The van der Waals surface area contributed by atoms with Gasteiger partial charge in [0.2, 0.25) is 0 Å². The first-order valence-electron chi connectivity index (χ1n) is 5.97. The third-order valence-electron chi connectivity index (χ3n) is 2.84. The summed E-state index contributed by atoms with van der Waals surface area (Å²) in [4.78, 5) is 17.9. The van der Waals surface area contributed by atoms with E-state index in [-0.39, 0.29) is 11.4 Å². The summed E-state index contributed by atoms with van der Waals surface area (Å²) in [7, 11) is 0. The van der Waals surface area contributed by atoms with Gasteiger partial charge >= 0.3 is 0 Å². The molecule has 2 rings (SSSR count). The van der Waals surface area contributed by atoms with Crippen LogP contribution in [0.4, 0.5) is 5.82 Å². The van der Waals surface area contributed by atoms with Gasteiger partial charge < -0.3 is 16.0 Å². The second-order valence-corrected chi connectivity index (χ2v) is 5.34. The van der Waals surface area contributed by atoms with Crippen LogP contribution in [0.1, 0.15) is 25.7 Å². The zero-order valence-electron chi connectivity index (χ0n) is 9.74. The molecule has 0 aliphatic carbocycles. The van der Waals surface area contributed by atoms with Crippen molar-refractivity contribution in [2.45, 2.75) is 36.9 Å². The van der Waals surface area contributed by atoms with Crippen LogP contribution >= 0.6 is 11.8 Å². The van der Waals surface area contributed by atoms with Crippen molar-refractivity contribution in [1.82, 2.24) is 15.3 Å². The van der Waals surface area contributed by atoms with Crippen LogP contribution < -0.4 is 16.6 Å². The van der Waals surface area contributed by atoms with E-state index in [0.29, 0.717) is 11.2 Å². The van der Waals surface area contributed by atoms with E-state index in [1.165, 1.54) is 25.3 Å². The number of hydrogen-bond acceptors (Lipinski definition) is 5. The smallest absolute Gasteiger partial charge is 0.253 e. The van der Waals surface area contributed by atoms with Crippen molar-refractivity contribution in [1.29, 1.82) is 0 Å². The monoisotopic (exact) mass is 254 g/mol. The molecule has 0 aromatic carbocycles. The second-order valence-electron chi connectivity index (χ2n) is 4.26. The van der Waals surface area contributed by atoms with Crippen LogP contribution in [-0.4, -0.2) is 28.3 Å². The molecule has 4 N–H and O–H groups in total. The van der Waals surface area contributed by atoms with Crippen LogP contribution in [-0.2, 0) is 0 Å². The maximum atomic E-state index is 11.2. The molecular formula is C11H18N4OS. The molecule has 6 heteroatoms. The highest BCUT2D eigenvalue weighted by molar-refractivity contribution is 7.99. The molecule has 1 fully saturated rings. The summed E-state index contributed by atoms with van der Waals surface area (Å²) in [6.07, 6.45) is 4.90. The fourth-order valence-corrected chi connectivity index (χ4v) is 2.87.